The Hall–Kier alpha value is -4.96. The molecule has 1 spiro atoms. The number of aryl methyl sites for hydroxylation is 2. The Labute approximate surface area is 283 Å². The molecule has 15 heteroatoms. The highest BCUT2D eigenvalue weighted by Crippen LogP contribution is 2.40. The Balaban J connectivity index is 0.000000143. The average Bonchev–Trinajstić information content (AvgIpc) is 3.94. The van der Waals surface area contributed by atoms with Crippen molar-refractivity contribution >= 4 is 22.9 Å². The third-order valence-electron chi connectivity index (χ3n) is 9.48. The number of nitrogens with zero attached hydrogens (tertiary/aromatic N) is 9. The standard InChI is InChI=1S/C17H21N7O2.C17H20N6/c1-23-10-11(7-20-23)12-8-21-24-15(18)6-14(22-16(12)24)13-9-19-3-2-17(13)25-4-5-26-17;1-12-10-16(22-14-4-8-19-9-5-14)23-17(21-12)15(11-20-23)13-2-6-18-7-3-13/h6-8,10,13,19H,2-5,9,18H2,1H3;2-3,6-7,10-11,14,19,22H,4-5,8-9H2,1H3. The van der Waals surface area contributed by atoms with Gasteiger partial charge in [-0.3, -0.25) is 9.67 Å². The smallest absolute Gasteiger partial charge is 0.179 e. The van der Waals surface area contributed by atoms with Gasteiger partial charge in [-0.25, -0.2) is 9.97 Å². The normalized spacial score (nSPS) is 19.3. The molecule has 3 aliphatic rings. The fourth-order valence-electron chi connectivity index (χ4n) is 7.03. The van der Waals surface area contributed by atoms with Crippen molar-refractivity contribution in [1.29, 1.82) is 0 Å². The number of pyridine rings is 1. The van der Waals surface area contributed by atoms with E-state index in [2.05, 4.69) is 42.3 Å². The molecular weight excluding hydrogens is 622 g/mol. The molecule has 0 radical (unpaired) electrons. The van der Waals surface area contributed by atoms with Crippen molar-refractivity contribution in [2.24, 2.45) is 7.05 Å². The predicted octanol–water partition coefficient (Wildman–Crippen LogP) is 2.80. The molecule has 49 heavy (non-hydrogen) atoms. The van der Waals surface area contributed by atoms with E-state index >= 15 is 0 Å². The van der Waals surface area contributed by atoms with Crippen molar-refractivity contribution < 1.29 is 9.47 Å². The van der Waals surface area contributed by atoms with Gasteiger partial charge in [0.1, 0.15) is 11.6 Å². The van der Waals surface area contributed by atoms with E-state index in [0.717, 1.165) is 90.5 Å². The van der Waals surface area contributed by atoms with Gasteiger partial charge >= 0.3 is 0 Å². The third-order valence-corrected chi connectivity index (χ3v) is 9.48. The van der Waals surface area contributed by atoms with Gasteiger partial charge in [0, 0.05) is 85.7 Å². The summed E-state index contributed by atoms with van der Waals surface area (Å²) >= 11 is 0. The van der Waals surface area contributed by atoms with Crippen LogP contribution >= 0.6 is 0 Å². The van der Waals surface area contributed by atoms with Crippen molar-refractivity contribution in [1.82, 2.24) is 54.6 Å². The fourth-order valence-corrected chi connectivity index (χ4v) is 7.03. The third kappa shape index (κ3) is 6.10. The van der Waals surface area contributed by atoms with Gasteiger partial charge in [-0.05, 0) is 50.6 Å². The minimum Gasteiger partial charge on any atom is -0.384 e. The summed E-state index contributed by atoms with van der Waals surface area (Å²) in [6, 6.07) is 8.40. The summed E-state index contributed by atoms with van der Waals surface area (Å²) in [4.78, 5) is 13.7. The van der Waals surface area contributed by atoms with Gasteiger partial charge in [0.25, 0.3) is 0 Å². The number of rotatable bonds is 5. The highest BCUT2D eigenvalue weighted by Gasteiger charge is 2.47. The van der Waals surface area contributed by atoms with Crippen LogP contribution in [0, 0.1) is 6.92 Å². The van der Waals surface area contributed by atoms with Crippen LogP contribution in [0.5, 0.6) is 0 Å². The number of piperidine rings is 2. The van der Waals surface area contributed by atoms with Gasteiger partial charge < -0.3 is 31.2 Å². The maximum Gasteiger partial charge on any atom is 0.179 e. The molecule has 0 aliphatic carbocycles. The van der Waals surface area contributed by atoms with Crippen LogP contribution in [0.1, 0.15) is 36.6 Å². The lowest BCUT2D eigenvalue weighted by Crippen LogP contribution is -2.49. The van der Waals surface area contributed by atoms with Gasteiger partial charge in [0.05, 0.1) is 43.4 Å². The van der Waals surface area contributed by atoms with Crippen LogP contribution in [-0.4, -0.2) is 95.2 Å². The summed E-state index contributed by atoms with van der Waals surface area (Å²) in [6.07, 6.45) is 14.0. The number of nitrogen functional groups attached to an aromatic ring is 1. The molecule has 0 saturated carbocycles. The van der Waals surface area contributed by atoms with E-state index in [-0.39, 0.29) is 5.92 Å². The van der Waals surface area contributed by atoms with E-state index in [1.54, 1.807) is 34.0 Å². The lowest BCUT2D eigenvalue weighted by molar-refractivity contribution is -0.187. The minimum atomic E-state index is -0.614. The number of hydrogen-bond acceptors (Lipinski definition) is 12. The molecule has 5 N–H and O–H groups in total. The molecule has 3 saturated heterocycles. The second kappa shape index (κ2) is 13.2. The number of nitrogens with two attached hydrogens (primary N) is 1. The van der Waals surface area contributed by atoms with E-state index in [1.165, 1.54) is 0 Å². The Morgan fingerprint density at radius 1 is 0.878 bits per heavy atom. The zero-order valence-corrected chi connectivity index (χ0v) is 27.7. The summed E-state index contributed by atoms with van der Waals surface area (Å²) in [5.74, 6) is 0.915. The molecule has 1 unspecified atom stereocenters. The van der Waals surface area contributed by atoms with Crippen LogP contribution in [0.4, 0.5) is 11.6 Å². The molecule has 3 aliphatic heterocycles. The number of ether oxygens (including phenoxy) is 2. The average molecular weight is 664 g/mol. The van der Waals surface area contributed by atoms with Crippen LogP contribution < -0.4 is 21.7 Å². The molecule has 3 fully saturated rings. The van der Waals surface area contributed by atoms with Crippen LogP contribution in [0.25, 0.3) is 33.5 Å². The van der Waals surface area contributed by atoms with E-state index in [9.17, 15) is 0 Å². The van der Waals surface area contributed by atoms with Gasteiger partial charge in [-0.1, -0.05) is 0 Å². The maximum atomic E-state index is 6.29. The fraction of sp³-hybridized carbons (Fsp3) is 0.412. The molecule has 0 bridgehead atoms. The highest BCUT2D eigenvalue weighted by molar-refractivity contribution is 5.78. The minimum absolute atomic E-state index is 0.0253. The molecule has 9 heterocycles. The first-order valence-corrected chi connectivity index (χ1v) is 16.8. The zero-order valence-electron chi connectivity index (χ0n) is 27.7. The van der Waals surface area contributed by atoms with Gasteiger partial charge in [0.15, 0.2) is 17.1 Å². The Morgan fingerprint density at radius 2 is 1.61 bits per heavy atom. The molecule has 15 nitrogen and oxygen atoms in total. The van der Waals surface area contributed by atoms with Gasteiger partial charge in [0.2, 0.25) is 0 Å². The maximum absolute atomic E-state index is 6.29. The summed E-state index contributed by atoms with van der Waals surface area (Å²) < 4.78 is 17.4. The van der Waals surface area contributed by atoms with Crippen molar-refractivity contribution in [2.75, 3.05) is 50.4 Å². The monoisotopic (exact) mass is 663 g/mol. The number of anilines is 2. The van der Waals surface area contributed by atoms with E-state index in [1.807, 2.05) is 49.1 Å². The molecule has 9 rings (SSSR count). The van der Waals surface area contributed by atoms with Crippen LogP contribution in [-0.2, 0) is 16.5 Å². The van der Waals surface area contributed by atoms with Crippen LogP contribution in [0.2, 0.25) is 0 Å². The number of hydrogen-bond donors (Lipinski definition) is 4. The SMILES string of the molecule is Cc1cc(NC2CCNCC2)n2ncc(-c3ccncc3)c2n1.Cn1cc(-c2cnn3c(N)cc(C4CNCCC45OCCO5)nc23)cn1. The van der Waals surface area contributed by atoms with Crippen molar-refractivity contribution in [3.05, 3.63) is 72.8 Å². The Morgan fingerprint density at radius 3 is 2.37 bits per heavy atom. The molecule has 0 aromatic carbocycles. The molecule has 254 valence electrons. The summed E-state index contributed by atoms with van der Waals surface area (Å²) in [7, 11) is 1.88. The van der Waals surface area contributed by atoms with Crippen LogP contribution in [0.15, 0.2) is 61.4 Å². The van der Waals surface area contributed by atoms with Crippen molar-refractivity contribution in [3.63, 3.8) is 0 Å². The number of fused-ring (bicyclic) bond motifs is 2. The molecule has 0 amide bonds. The molecular formula is C34H41N13O2. The van der Waals surface area contributed by atoms with Crippen LogP contribution in [0.3, 0.4) is 0 Å². The first-order chi connectivity index (χ1) is 24.0. The van der Waals surface area contributed by atoms with Crippen molar-refractivity contribution in [3.8, 4) is 22.3 Å². The number of aromatic nitrogens is 9. The van der Waals surface area contributed by atoms with E-state index < -0.39 is 5.79 Å². The topological polar surface area (TPSA) is 172 Å². The second-order valence-electron chi connectivity index (χ2n) is 12.8. The summed E-state index contributed by atoms with van der Waals surface area (Å²) in [5.41, 5.74) is 13.7. The summed E-state index contributed by atoms with van der Waals surface area (Å²) in [6.45, 7) is 6.97. The Kier molecular flexibility index (Phi) is 8.41. The first-order valence-electron chi connectivity index (χ1n) is 16.8. The highest BCUT2D eigenvalue weighted by atomic mass is 16.7. The summed E-state index contributed by atoms with van der Waals surface area (Å²) in [5, 5.41) is 23.6. The molecule has 1 atom stereocenters. The lowest BCUT2D eigenvalue weighted by Gasteiger charge is -2.39. The van der Waals surface area contributed by atoms with Gasteiger partial charge in [-0.15, -0.1) is 0 Å². The van der Waals surface area contributed by atoms with Gasteiger partial charge in [-0.2, -0.15) is 24.3 Å². The van der Waals surface area contributed by atoms with E-state index in [0.29, 0.717) is 30.7 Å². The Bertz CT molecular complexity index is 2060. The quantitative estimate of drug-likeness (QED) is 0.213. The predicted molar refractivity (Wildman–Crippen MR) is 185 cm³/mol. The second-order valence-corrected chi connectivity index (χ2v) is 12.8. The van der Waals surface area contributed by atoms with E-state index in [4.69, 9.17) is 25.2 Å². The number of nitrogens with one attached hydrogen (secondary N) is 3. The molecule has 6 aromatic heterocycles. The largest absolute Gasteiger partial charge is 0.384 e. The lowest BCUT2D eigenvalue weighted by atomic mass is 9.88. The first kappa shape index (κ1) is 31.3. The molecule has 6 aromatic rings. The van der Waals surface area contributed by atoms with Crippen molar-refractivity contribution in [2.45, 2.75) is 43.9 Å². The zero-order chi connectivity index (χ0) is 33.4.